The Kier molecular flexibility index (Phi) is 5.49. The van der Waals surface area contributed by atoms with E-state index in [0.717, 1.165) is 32.5 Å². The van der Waals surface area contributed by atoms with Gasteiger partial charge in [0.1, 0.15) is 5.78 Å². The molecule has 0 aromatic carbocycles. The first-order valence-electron chi connectivity index (χ1n) is 9.49. The maximum absolute atomic E-state index is 12.9. The summed E-state index contributed by atoms with van der Waals surface area (Å²) in [5.41, 5.74) is -0.142. The van der Waals surface area contributed by atoms with E-state index < -0.39 is 0 Å². The molecule has 4 nitrogen and oxygen atoms in total. The van der Waals surface area contributed by atoms with E-state index in [4.69, 9.17) is 0 Å². The van der Waals surface area contributed by atoms with Gasteiger partial charge in [-0.05, 0) is 52.6 Å². The number of likely N-dealkylation sites (tertiary alicyclic amines) is 2. The summed E-state index contributed by atoms with van der Waals surface area (Å²) in [6, 6.07) is 0. The second-order valence-corrected chi connectivity index (χ2v) is 9.87. The van der Waals surface area contributed by atoms with E-state index in [9.17, 15) is 9.59 Å². The smallest absolute Gasteiger partial charge is 0.225 e. The average molecular weight is 337 g/mol. The SMILES string of the molecule is CC1CN(C(=O)C2CCN(C(C)(C)C)CC2)CC1C(=O)C(C)(C)C. The molecule has 24 heavy (non-hydrogen) atoms. The summed E-state index contributed by atoms with van der Waals surface area (Å²) < 4.78 is 0. The predicted octanol–water partition coefficient (Wildman–Crippen LogP) is 3.21. The molecule has 0 spiro atoms. The molecule has 0 bridgehead atoms. The highest BCUT2D eigenvalue weighted by Gasteiger charge is 2.42. The Hall–Kier alpha value is -0.900. The van der Waals surface area contributed by atoms with Crippen LogP contribution in [0.15, 0.2) is 0 Å². The van der Waals surface area contributed by atoms with E-state index in [-0.39, 0.29) is 34.6 Å². The average Bonchev–Trinajstić information content (AvgIpc) is 2.85. The number of hydrogen-bond donors (Lipinski definition) is 0. The molecule has 2 heterocycles. The minimum absolute atomic E-state index is 0.00335. The quantitative estimate of drug-likeness (QED) is 0.777. The van der Waals surface area contributed by atoms with Gasteiger partial charge < -0.3 is 4.90 Å². The Balaban J connectivity index is 1.94. The lowest BCUT2D eigenvalue weighted by atomic mass is 9.79. The first-order valence-corrected chi connectivity index (χ1v) is 9.49. The number of carbonyl (C=O) groups excluding carboxylic acids is 2. The van der Waals surface area contributed by atoms with Crippen molar-refractivity contribution in [2.24, 2.45) is 23.2 Å². The van der Waals surface area contributed by atoms with E-state index in [0.29, 0.717) is 12.3 Å². The van der Waals surface area contributed by atoms with Crippen LogP contribution in [0.3, 0.4) is 0 Å². The van der Waals surface area contributed by atoms with Crippen molar-refractivity contribution >= 4 is 11.7 Å². The van der Waals surface area contributed by atoms with Crippen LogP contribution in [0, 0.1) is 23.2 Å². The maximum Gasteiger partial charge on any atom is 0.225 e. The zero-order valence-corrected chi connectivity index (χ0v) is 16.7. The molecule has 138 valence electrons. The summed E-state index contributed by atoms with van der Waals surface area (Å²) in [6.07, 6.45) is 1.89. The van der Waals surface area contributed by atoms with Crippen molar-refractivity contribution in [2.75, 3.05) is 26.2 Å². The largest absolute Gasteiger partial charge is 0.341 e. The highest BCUT2D eigenvalue weighted by atomic mass is 16.2. The lowest BCUT2D eigenvalue weighted by Gasteiger charge is -2.41. The summed E-state index contributed by atoms with van der Waals surface area (Å²) in [5.74, 6) is 0.991. The first-order chi connectivity index (χ1) is 10.9. The topological polar surface area (TPSA) is 40.6 Å². The van der Waals surface area contributed by atoms with Gasteiger partial charge in [-0.2, -0.15) is 0 Å². The summed E-state index contributed by atoms with van der Waals surface area (Å²) in [7, 11) is 0. The third-order valence-electron chi connectivity index (χ3n) is 5.79. The van der Waals surface area contributed by atoms with Crippen LogP contribution < -0.4 is 0 Å². The molecular formula is C20H36N2O2. The maximum atomic E-state index is 12.9. The molecule has 2 atom stereocenters. The first kappa shape index (κ1) is 19.4. The van der Waals surface area contributed by atoms with Crippen LogP contribution in [0.5, 0.6) is 0 Å². The van der Waals surface area contributed by atoms with Crippen LogP contribution in [-0.2, 0) is 9.59 Å². The Bertz CT molecular complexity index is 479. The molecule has 2 rings (SSSR count). The summed E-state index contributed by atoms with van der Waals surface area (Å²) in [6.45, 7) is 18.1. The number of nitrogens with zero attached hydrogens (tertiary/aromatic N) is 2. The zero-order valence-electron chi connectivity index (χ0n) is 16.7. The summed E-state index contributed by atoms with van der Waals surface area (Å²) in [5, 5.41) is 0. The molecule has 2 fully saturated rings. The molecule has 0 aromatic heterocycles. The van der Waals surface area contributed by atoms with Gasteiger partial charge in [0, 0.05) is 35.9 Å². The molecule has 2 saturated heterocycles. The fraction of sp³-hybridized carbons (Fsp3) is 0.900. The Morgan fingerprint density at radius 2 is 1.46 bits per heavy atom. The molecule has 2 unspecified atom stereocenters. The Labute approximate surface area is 148 Å². The van der Waals surface area contributed by atoms with Gasteiger partial charge in [-0.15, -0.1) is 0 Å². The molecule has 0 aromatic rings. The zero-order chi connectivity index (χ0) is 18.3. The summed E-state index contributed by atoms with van der Waals surface area (Å²) >= 11 is 0. The van der Waals surface area contributed by atoms with Crippen molar-refractivity contribution in [3.8, 4) is 0 Å². The molecule has 0 N–H and O–H groups in total. The Morgan fingerprint density at radius 1 is 0.917 bits per heavy atom. The van der Waals surface area contributed by atoms with Crippen molar-refractivity contribution in [3.63, 3.8) is 0 Å². The molecule has 0 aliphatic carbocycles. The van der Waals surface area contributed by atoms with Gasteiger partial charge in [0.05, 0.1) is 0 Å². The standard InChI is InChI=1S/C20H36N2O2/c1-14-12-21(13-16(14)17(23)19(2,3)4)18(24)15-8-10-22(11-9-15)20(5,6)7/h14-16H,8-13H2,1-7H3. The highest BCUT2D eigenvalue weighted by molar-refractivity contribution is 5.88. The minimum atomic E-state index is -0.323. The van der Waals surface area contributed by atoms with Crippen LogP contribution in [0.2, 0.25) is 0 Å². The van der Waals surface area contributed by atoms with E-state index in [2.05, 4.69) is 32.6 Å². The fourth-order valence-electron chi connectivity index (χ4n) is 4.10. The number of amides is 1. The van der Waals surface area contributed by atoms with Crippen molar-refractivity contribution in [3.05, 3.63) is 0 Å². The second kappa shape index (κ2) is 6.78. The molecule has 0 radical (unpaired) electrons. The highest BCUT2D eigenvalue weighted by Crippen LogP contribution is 2.33. The molecule has 2 aliphatic rings. The van der Waals surface area contributed by atoms with Crippen LogP contribution in [-0.4, -0.2) is 53.2 Å². The monoisotopic (exact) mass is 336 g/mol. The second-order valence-electron chi connectivity index (χ2n) is 9.87. The molecule has 1 amide bonds. The van der Waals surface area contributed by atoms with Gasteiger partial charge in [-0.25, -0.2) is 0 Å². The third kappa shape index (κ3) is 4.19. The van der Waals surface area contributed by atoms with Crippen LogP contribution in [0.25, 0.3) is 0 Å². The summed E-state index contributed by atoms with van der Waals surface area (Å²) in [4.78, 5) is 30.0. The number of hydrogen-bond acceptors (Lipinski definition) is 3. The third-order valence-corrected chi connectivity index (χ3v) is 5.79. The van der Waals surface area contributed by atoms with Gasteiger partial charge in [-0.1, -0.05) is 27.7 Å². The van der Waals surface area contributed by atoms with E-state index in [1.807, 2.05) is 25.7 Å². The number of carbonyl (C=O) groups is 2. The number of Topliss-reactive ketones (excluding diaryl/α,β-unsaturated/α-hetero) is 1. The van der Waals surface area contributed by atoms with Gasteiger partial charge >= 0.3 is 0 Å². The minimum Gasteiger partial charge on any atom is -0.341 e. The van der Waals surface area contributed by atoms with Gasteiger partial charge in [0.15, 0.2) is 0 Å². The molecular weight excluding hydrogens is 300 g/mol. The van der Waals surface area contributed by atoms with Crippen molar-refractivity contribution in [1.82, 2.24) is 9.80 Å². The number of rotatable bonds is 2. The van der Waals surface area contributed by atoms with Crippen LogP contribution in [0.4, 0.5) is 0 Å². The number of ketones is 1. The van der Waals surface area contributed by atoms with E-state index in [1.165, 1.54) is 0 Å². The lowest BCUT2D eigenvalue weighted by molar-refractivity contribution is -0.137. The van der Waals surface area contributed by atoms with Gasteiger partial charge in [-0.3, -0.25) is 14.5 Å². The Morgan fingerprint density at radius 3 is 1.92 bits per heavy atom. The van der Waals surface area contributed by atoms with Crippen molar-refractivity contribution in [1.29, 1.82) is 0 Å². The van der Waals surface area contributed by atoms with Crippen molar-refractivity contribution in [2.45, 2.75) is 66.8 Å². The molecule has 4 heteroatoms. The predicted molar refractivity (Wildman–Crippen MR) is 97.7 cm³/mol. The van der Waals surface area contributed by atoms with Gasteiger partial charge in [0.25, 0.3) is 0 Å². The van der Waals surface area contributed by atoms with Gasteiger partial charge in [0.2, 0.25) is 5.91 Å². The van der Waals surface area contributed by atoms with Crippen LogP contribution in [0.1, 0.15) is 61.3 Å². The fourth-order valence-corrected chi connectivity index (χ4v) is 4.10. The van der Waals surface area contributed by atoms with E-state index in [1.54, 1.807) is 0 Å². The van der Waals surface area contributed by atoms with Crippen LogP contribution >= 0.6 is 0 Å². The normalized spacial score (nSPS) is 27.5. The molecule has 0 saturated carbocycles. The number of piperidine rings is 1. The van der Waals surface area contributed by atoms with Crippen molar-refractivity contribution < 1.29 is 9.59 Å². The van der Waals surface area contributed by atoms with E-state index >= 15 is 0 Å². The molecule has 2 aliphatic heterocycles. The lowest BCUT2D eigenvalue weighted by Crippen LogP contribution is -2.48.